The zero-order valence-corrected chi connectivity index (χ0v) is 9.81. The third-order valence-corrected chi connectivity index (χ3v) is 2.95. The topological polar surface area (TPSA) is 69.6 Å². The molecule has 0 spiro atoms. The molecule has 1 fully saturated rings. The van der Waals surface area contributed by atoms with E-state index in [9.17, 15) is 19.1 Å². The molecule has 0 aromatic heterocycles. The third-order valence-electron chi connectivity index (χ3n) is 2.95. The maximum atomic E-state index is 12.8. The van der Waals surface area contributed by atoms with Crippen molar-refractivity contribution in [3.63, 3.8) is 0 Å². The quantitative estimate of drug-likeness (QED) is 0.764. The number of nitrogens with zero attached hydrogens (tertiary/aromatic N) is 1. The minimum absolute atomic E-state index is 0.00190. The number of hydrogen-bond donors (Lipinski definition) is 2. The third kappa shape index (κ3) is 2.13. The SMILES string of the molecule is CC1C(=O)NCCN1C(=O)c1ccc(F)cc1O. The van der Waals surface area contributed by atoms with Crippen LogP contribution >= 0.6 is 0 Å². The molecule has 96 valence electrons. The Hall–Kier alpha value is -2.11. The van der Waals surface area contributed by atoms with E-state index < -0.39 is 23.5 Å². The van der Waals surface area contributed by atoms with Crippen molar-refractivity contribution < 1.29 is 19.1 Å². The molecule has 2 rings (SSSR count). The van der Waals surface area contributed by atoms with Crippen molar-refractivity contribution in [2.75, 3.05) is 13.1 Å². The van der Waals surface area contributed by atoms with Crippen LogP contribution in [0.4, 0.5) is 4.39 Å². The molecule has 1 aromatic carbocycles. The Balaban J connectivity index is 2.28. The fourth-order valence-electron chi connectivity index (χ4n) is 1.90. The standard InChI is InChI=1S/C12H13FN2O3/c1-7-11(17)14-4-5-15(7)12(18)9-3-2-8(13)6-10(9)16/h2-3,6-7,16H,4-5H2,1H3,(H,14,17). The van der Waals surface area contributed by atoms with Crippen LogP contribution in [0.15, 0.2) is 18.2 Å². The predicted molar refractivity (Wildman–Crippen MR) is 61.6 cm³/mol. The summed E-state index contributed by atoms with van der Waals surface area (Å²) in [6.07, 6.45) is 0. The molecule has 5 nitrogen and oxygen atoms in total. The molecule has 0 bridgehead atoms. The van der Waals surface area contributed by atoms with Crippen LogP contribution in [0.2, 0.25) is 0 Å². The Bertz CT molecular complexity index is 504. The molecule has 1 aliphatic heterocycles. The predicted octanol–water partition coefficient (Wildman–Crippen LogP) is 0.492. The van der Waals surface area contributed by atoms with Gasteiger partial charge in [0.25, 0.3) is 5.91 Å². The summed E-state index contributed by atoms with van der Waals surface area (Å²) in [6.45, 7) is 2.34. The van der Waals surface area contributed by atoms with E-state index in [4.69, 9.17) is 0 Å². The number of rotatable bonds is 1. The van der Waals surface area contributed by atoms with E-state index in [2.05, 4.69) is 5.32 Å². The van der Waals surface area contributed by atoms with Crippen LogP contribution in [-0.4, -0.2) is 41.0 Å². The largest absolute Gasteiger partial charge is 0.507 e. The fourth-order valence-corrected chi connectivity index (χ4v) is 1.90. The van der Waals surface area contributed by atoms with Crippen LogP contribution in [0.25, 0.3) is 0 Å². The van der Waals surface area contributed by atoms with Gasteiger partial charge in [0, 0.05) is 19.2 Å². The van der Waals surface area contributed by atoms with Crippen LogP contribution in [0, 0.1) is 5.82 Å². The van der Waals surface area contributed by atoms with Gasteiger partial charge in [0.1, 0.15) is 17.6 Å². The summed E-state index contributed by atoms with van der Waals surface area (Å²) >= 11 is 0. The van der Waals surface area contributed by atoms with Gasteiger partial charge in [0.05, 0.1) is 5.56 Å². The monoisotopic (exact) mass is 252 g/mol. The normalized spacial score (nSPS) is 19.6. The van der Waals surface area contributed by atoms with Gasteiger partial charge in [-0.25, -0.2) is 4.39 Å². The molecule has 0 radical (unpaired) electrons. The van der Waals surface area contributed by atoms with E-state index in [0.29, 0.717) is 13.1 Å². The molecule has 1 unspecified atom stereocenters. The average molecular weight is 252 g/mol. The molecule has 6 heteroatoms. The van der Waals surface area contributed by atoms with Crippen LogP contribution in [-0.2, 0) is 4.79 Å². The number of aromatic hydroxyl groups is 1. The number of piperazine rings is 1. The summed E-state index contributed by atoms with van der Waals surface area (Å²) in [7, 11) is 0. The van der Waals surface area contributed by atoms with Gasteiger partial charge in [-0.05, 0) is 19.1 Å². The maximum Gasteiger partial charge on any atom is 0.258 e. The molecule has 0 saturated carbocycles. The average Bonchev–Trinajstić information content (AvgIpc) is 2.32. The first-order chi connectivity index (χ1) is 8.50. The number of amides is 2. The number of hydrogen-bond acceptors (Lipinski definition) is 3. The van der Waals surface area contributed by atoms with Crippen molar-refractivity contribution in [3.05, 3.63) is 29.6 Å². The first-order valence-electron chi connectivity index (χ1n) is 5.58. The van der Waals surface area contributed by atoms with Gasteiger partial charge in [0.2, 0.25) is 5.91 Å². The van der Waals surface area contributed by atoms with E-state index in [-0.39, 0.29) is 11.5 Å². The van der Waals surface area contributed by atoms with Crippen LogP contribution < -0.4 is 5.32 Å². The highest BCUT2D eigenvalue weighted by molar-refractivity contribution is 6.00. The number of benzene rings is 1. The smallest absolute Gasteiger partial charge is 0.258 e. The van der Waals surface area contributed by atoms with Crippen molar-refractivity contribution in [3.8, 4) is 5.75 Å². The minimum Gasteiger partial charge on any atom is -0.507 e. The summed E-state index contributed by atoms with van der Waals surface area (Å²) < 4.78 is 12.8. The molecule has 0 aliphatic carbocycles. The first kappa shape index (κ1) is 12.3. The van der Waals surface area contributed by atoms with Gasteiger partial charge in [-0.15, -0.1) is 0 Å². The molecular weight excluding hydrogens is 239 g/mol. The summed E-state index contributed by atoms with van der Waals surface area (Å²) in [5.41, 5.74) is -0.00190. The zero-order valence-electron chi connectivity index (χ0n) is 9.81. The lowest BCUT2D eigenvalue weighted by Gasteiger charge is -2.32. The molecule has 2 N–H and O–H groups in total. The molecule has 1 aromatic rings. The van der Waals surface area contributed by atoms with Crippen molar-refractivity contribution >= 4 is 11.8 Å². The second kappa shape index (κ2) is 4.64. The van der Waals surface area contributed by atoms with Gasteiger partial charge in [-0.3, -0.25) is 9.59 Å². The van der Waals surface area contributed by atoms with E-state index in [0.717, 1.165) is 12.1 Å². The second-order valence-electron chi connectivity index (χ2n) is 4.13. The molecular formula is C12H13FN2O3. The highest BCUT2D eigenvalue weighted by Crippen LogP contribution is 2.21. The van der Waals surface area contributed by atoms with E-state index >= 15 is 0 Å². The van der Waals surface area contributed by atoms with Gasteiger partial charge in [0.15, 0.2) is 0 Å². The van der Waals surface area contributed by atoms with Crippen LogP contribution in [0.5, 0.6) is 5.75 Å². The number of phenols is 1. The summed E-state index contributed by atoms with van der Waals surface area (Å²) in [5.74, 6) is -1.75. The molecule has 18 heavy (non-hydrogen) atoms. The molecule has 1 saturated heterocycles. The highest BCUT2D eigenvalue weighted by atomic mass is 19.1. The second-order valence-corrected chi connectivity index (χ2v) is 4.13. The van der Waals surface area contributed by atoms with Crippen molar-refractivity contribution in [1.29, 1.82) is 0 Å². The maximum absolute atomic E-state index is 12.8. The zero-order chi connectivity index (χ0) is 13.3. The van der Waals surface area contributed by atoms with Crippen molar-refractivity contribution in [2.45, 2.75) is 13.0 Å². The van der Waals surface area contributed by atoms with E-state index in [1.54, 1.807) is 6.92 Å². The summed E-state index contributed by atoms with van der Waals surface area (Å²) in [6, 6.07) is 2.59. The summed E-state index contributed by atoms with van der Waals surface area (Å²) in [4.78, 5) is 25.0. The number of halogens is 1. The van der Waals surface area contributed by atoms with Gasteiger partial charge in [-0.1, -0.05) is 0 Å². The number of phenolic OH excluding ortho intramolecular Hbond substituents is 1. The Labute approximate surface area is 103 Å². The Morgan fingerprint density at radius 2 is 2.28 bits per heavy atom. The molecule has 1 heterocycles. The Kier molecular flexibility index (Phi) is 3.18. The van der Waals surface area contributed by atoms with Gasteiger partial charge in [-0.2, -0.15) is 0 Å². The lowest BCUT2D eigenvalue weighted by atomic mass is 10.1. The van der Waals surface area contributed by atoms with Crippen LogP contribution in [0.1, 0.15) is 17.3 Å². The number of nitrogens with one attached hydrogen (secondary N) is 1. The molecule has 1 aliphatic rings. The van der Waals surface area contributed by atoms with Crippen molar-refractivity contribution in [1.82, 2.24) is 10.2 Å². The van der Waals surface area contributed by atoms with E-state index in [1.165, 1.54) is 11.0 Å². The summed E-state index contributed by atoms with van der Waals surface area (Å²) in [5, 5.41) is 12.2. The lowest BCUT2D eigenvalue weighted by Crippen LogP contribution is -2.55. The minimum atomic E-state index is -0.617. The van der Waals surface area contributed by atoms with E-state index in [1.807, 2.05) is 0 Å². The first-order valence-corrected chi connectivity index (χ1v) is 5.58. The molecule has 2 amide bonds. The van der Waals surface area contributed by atoms with Gasteiger partial charge < -0.3 is 15.3 Å². The number of carbonyl (C=O) groups is 2. The highest BCUT2D eigenvalue weighted by Gasteiger charge is 2.30. The number of carbonyl (C=O) groups excluding carboxylic acids is 2. The van der Waals surface area contributed by atoms with Crippen LogP contribution in [0.3, 0.4) is 0 Å². The van der Waals surface area contributed by atoms with Crippen molar-refractivity contribution in [2.24, 2.45) is 0 Å². The molecule has 1 atom stereocenters. The Morgan fingerprint density at radius 3 is 2.94 bits per heavy atom. The Morgan fingerprint density at radius 1 is 1.56 bits per heavy atom. The van der Waals surface area contributed by atoms with Gasteiger partial charge >= 0.3 is 0 Å². The fraction of sp³-hybridized carbons (Fsp3) is 0.333. The lowest BCUT2D eigenvalue weighted by molar-refractivity contribution is -0.127.